The summed E-state index contributed by atoms with van der Waals surface area (Å²) in [5.74, 6) is -0.632. The van der Waals surface area contributed by atoms with Crippen molar-refractivity contribution in [2.24, 2.45) is 0 Å². The van der Waals surface area contributed by atoms with E-state index >= 15 is 0 Å². The molecule has 4 N–H and O–H groups in total. The zero-order valence-corrected chi connectivity index (χ0v) is 20.5. The highest BCUT2D eigenvalue weighted by Gasteiger charge is 2.25. The van der Waals surface area contributed by atoms with E-state index in [0.717, 1.165) is 35.1 Å². The second-order valence-electron chi connectivity index (χ2n) is 8.62. The van der Waals surface area contributed by atoms with Gasteiger partial charge in [0.15, 0.2) is 0 Å². The summed E-state index contributed by atoms with van der Waals surface area (Å²) >= 11 is 6.39. The number of carbonyl (C=O) groups excluding carboxylic acids is 2. The number of carbonyl (C=O) groups is 2. The van der Waals surface area contributed by atoms with Gasteiger partial charge in [-0.25, -0.2) is 5.48 Å². The summed E-state index contributed by atoms with van der Waals surface area (Å²) in [6.45, 7) is 1.33. The molecule has 0 aliphatic heterocycles. The number of hydrogen-bond donors (Lipinski definition) is 4. The molecule has 4 rings (SSSR count). The van der Waals surface area contributed by atoms with Crippen LogP contribution in [0.1, 0.15) is 45.5 Å². The fraction of sp³-hybridized carbons (Fsp3) is 0.172. The Kier molecular flexibility index (Phi) is 8.68. The number of nitrogens with one attached hydrogen (secondary N) is 3. The lowest BCUT2D eigenvalue weighted by Crippen LogP contribution is -2.26. The lowest BCUT2D eigenvalue weighted by molar-refractivity contribution is -0.115. The van der Waals surface area contributed by atoms with E-state index in [9.17, 15) is 9.59 Å². The van der Waals surface area contributed by atoms with Crippen LogP contribution in [-0.2, 0) is 11.3 Å². The SMILES string of the molecule is O=C(NC1CC1)/C(=C/c1ccc(/C=C/CNCc2ccc(C(=O)NO)cc2)cc1)c1ccccc1Cl. The van der Waals surface area contributed by atoms with Crippen LogP contribution in [0.25, 0.3) is 17.7 Å². The van der Waals surface area contributed by atoms with E-state index in [-0.39, 0.29) is 11.9 Å². The third kappa shape index (κ3) is 7.15. The van der Waals surface area contributed by atoms with Crippen molar-refractivity contribution in [1.29, 1.82) is 0 Å². The maximum absolute atomic E-state index is 12.9. The highest BCUT2D eigenvalue weighted by Crippen LogP contribution is 2.28. The molecule has 1 saturated carbocycles. The van der Waals surface area contributed by atoms with Crippen LogP contribution in [0, 0.1) is 0 Å². The molecule has 2 amide bonds. The number of benzene rings is 3. The molecule has 0 bridgehead atoms. The Bertz CT molecular complexity index is 1260. The predicted octanol–water partition coefficient (Wildman–Crippen LogP) is 5.08. The molecule has 6 nitrogen and oxygen atoms in total. The Morgan fingerprint density at radius 1 is 0.944 bits per heavy atom. The minimum Gasteiger partial charge on any atom is -0.349 e. The Labute approximate surface area is 215 Å². The Morgan fingerprint density at radius 2 is 1.64 bits per heavy atom. The van der Waals surface area contributed by atoms with Crippen molar-refractivity contribution in [2.75, 3.05) is 6.54 Å². The average Bonchev–Trinajstić information content (AvgIpc) is 3.72. The number of hydroxylamine groups is 1. The van der Waals surface area contributed by atoms with E-state index in [1.165, 1.54) is 0 Å². The van der Waals surface area contributed by atoms with Gasteiger partial charge in [-0.1, -0.05) is 78.4 Å². The summed E-state index contributed by atoms with van der Waals surface area (Å²) in [6, 6.07) is 22.7. The molecule has 3 aromatic rings. The topological polar surface area (TPSA) is 90.5 Å². The molecule has 184 valence electrons. The van der Waals surface area contributed by atoms with E-state index in [1.807, 2.05) is 72.8 Å². The van der Waals surface area contributed by atoms with E-state index in [2.05, 4.69) is 10.6 Å². The van der Waals surface area contributed by atoms with Gasteiger partial charge in [0.05, 0.1) is 0 Å². The Morgan fingerprint density at radius 3 is 2.31 bits per heavy atom. The number of rotatable bonds is 10. The van der Waals surface area contributed by atoms with Crippen LogP contribution in [0.3, 0.4) is 0 Å². The Hall–Kier alpha value is -3.71. The van der Waals surface area contributed by atoms with Gasteiger partial charge in [-0.2, -0.15) is 0 Å². The van der Waals surface area contributed by atoms with Crippen molar-refractivity contribution in [1.82, 2.24) is 16.1 Å². The molecule has 0 saturated heterocycles. The molecule has 0 spiro atoms. The van der Waals surface area contributed by atoms with Gasteiger partial charge in [-0.3, -0.25) is 14.8 Å². The molecule has 0 heterocycles. The highest BCUT2D eigenvalue weighted by atomic mass is 35.5. The smallest absolute Gasteiger partial charge is 0.274 e. The second-order valence-corrected chi connectivity index (χ2v) is 9.03. The van der Waals surface area contributed by atoms with Gasteiger partial charge < -0.3 is 10.6 Å². The molecule has 0 aromatic heterocycles. The molecular weight excluding hydrogens is 474 g/mol. The van der Waals surface area contributed by atoms with Crippen molar-refractivity contribution in [3.05, 3.63) is 112 Å². The fourth-order valence-corrected chi connectivity index (χ4v) is 3.88. The zero-order chi connectivity index (χ0) is 25.3. The zero-order valence-electron chi connectivity index (χ0n) is 19.7. The summed E-state index contributed by atoms with van der Waals surface area (Å²) in [7, 11) is 0. The summed E-state index contributed by atoms with van der Waals surface area (Å²) in [4.78, 5) is 24.3. The van der Waals surface area contributed by atoms with Crippen molar-refractivity contribution < 1.29 is 14.8 Å². The van der Waals surface area contributed by atoms with Crippen LogP contribution in [0.15, 0.2) is 78.9 Å². The first kappa shape index (κ1) is 25.4. The van der Waals surface area contributed by atoms with Gasteiger partial charge in [0.2, 0.25) is 0 Å². The lowest BCUT2D eigenvalue weighted by Gasteiger charge is -2.11. The third-order valence-corrected chi connectivity index (χ3v) is 6.12. The molecule has 3 aromatic carbocycles. The van der Waals surface area contributed by atoms with Crippen LogP contribution < -0.4 is 16.1 Å². The first-order valence-electron chi connectivity index (χ1n) is 11.8. The maximum Gasteiger partial charge on any atom is 0.274 e. The fourth-order valence-electron chi connectivity index (χ4n) is 3.64. The molecule has 0 unspecified atom stereocenters. The molecule has 1 fully saturated rings. The summed E-state index contributed by atoms with van der Waals surface area (Å²) in [6.07, 6.45) is 7.99. The third-order valence-electron chi connectivity index (χ3n) is 5.79. The van der Waals surface area contributed by atoms with Gasteiger partial charge >= 0.3 is 0 Å². The molecule has 36 heavy (non-hydrogen) atoms. The Balaban J connectivity index is 1.35. The van der Waals surface area contributed by atoms with Gasteiger partial charge in [-0.05, 0) is 53.8 Å². The molecule has 1 aliphatic carbocycles. The number of halogens is 1. The summed E-state index contributed by atoms with van der Waals surface area (Å²) in [5, 5.41) is 15.6. The number of amides is 2. The summed E-state index contributed by atoms with van der Waals surface area (Å²) in [5.41, 5.74) is 6.32. The van der Waals surface area contributed by atoms with Crippen molar-refractivity contribution in [3.63, 3.8) is 0 Å². The average molecular weight is 502 g/mol. The minimum atomic E-state index is -0.527. The van der Waals surface area contributed by atoms with E-state index in [4.69, 9.17) is 16.8 Å². The monoisotopic (exact) mass is 501 g/mol. The maximum atomic E-state index is 12.9. The van der Waals surface area contributed by atoms with Gasteiger partial charge in [-0.15, -0.1) is 0 Å². The van der Waals surface area contributed by atoms with Gasteiger partial charge in [0.25, 0.3) is 11.8 Å². The van der Waals surface area contributed by atoms with Crippen LogP contribution in [-0.4, -0.2) is 29.6 Å². The van der Waals surface area contributed by atoms with Crippen LogP contribution in [0.5, 0.6) is 0 Å². The normalized spacial score (nSPS) is 13.6. The predicted molar refractivity (Wildman–Crippen MR) is 143 cm³/mol. The van der Waals surface area contributed by atoms with E-state index in [0.29, 0.717) is 29.2 Å². The van der Waals surface area contributed by atoms with Crippen molar-refractivity contribution in [3.8, 4) is 0 Å². The highest BCUT2D eigenvalue weighted by molar-refractivity contribution is 6.36. The molecule has 1 aliphatic rings. The second kappa shape index (κ2) is 12.3. The van der Waals surface area contributed by atoms with Gasteiger partial charge in [0, 0.05) is 40.9 Å². The van der Waals surface area contributed by atoms with Crippen molar-refractivity contribution in [2.45, 2.75) is 25.4 Å². The van der Waals surface area contributed by atoms with Crippen LogP contribution >= 0.6 is 11.6 Å². The first-order chi connectivity index (χ1) is 17.5. The van der Waals surface area contributed by atoms with E-state index < -0.39 is 5.91 Å². The molecular formula is C29H28ClN3O3. The standard InChI is InChI=1S/C29H28ClN3O3/c30-27-6-2-1-5-25(27)26(29(35)32-24-15-16-24)18-21-9-7-20(8-10-21)4-3-17-31-19-22-11-13-23(14-12-22)28(34)33-36/h1-14,18,24,31,36H,15-17,19H2,(H,32,35)(H,33,34)/b4-3+,26-18+. The largest absolute Gasteiger partial charge is 0.349 e. The molecule has 0 radical (unpaired) electrons. The lowest BCUT2D eigenvalue weighted by atomic mass is 10.0. The molecule has 0 atom stereocenters. The quantitative estimate of drug-likeness (QED) is 0.102. The summed E-state index contributed by atoms with van der Waals surface area (Å²) < 4.78 is 0. The minimum absolute atomic E-state index is 0.105. The first-order valence-corrected chi connectivity index (χ1v) is 12.2. The molecule has 7 heteroatoms. The van der Waals surface area contributed by atoms with E-state index in [1.54, 1.807) is 23.7 Å². The number of hydrogen-bond acceptors (Lipinski definition) is 4. The van der Waals surface area contributed by atoms with Crippen LogP contribution in [0.4, 0.5) is 0 Å². The van der Waals surface area contributed by atoms with Crippen LogP contribution in [0.2, 0.25) is 5.02 Å². The van der Waals surface area contributed by atoms with Crippen molar-refractivity contribution >= 4 is 41.1 Å². The van der Waals surface area contributed by atoms with Gasteiger partial charge in [0.1, 0.15) is 0 Å².